The highest BCUT2D eigenvalue weighted by Crippen LogP contribution is 2.35. The summed E-state index contributed by atoms with van der Waals surface area (Å²) in [4.78, 5) is 18.1. The fraction of sp³-hybridized carbons (Fsp3) is 0.375. The number of H-pyrrole nitrogens is 1. The third kappa shape index (κ3) is 4.25. The lowest BCUT2D eigenvalue weighted by atomic mass is 9.76. The largest absolute Gasteiger partial charge is 0.335 e. The number of tetrazole rings is 1. The third-order valence-electron chi connectivity index (χ3n) is 6.38. The van der Waals surface area contributed by atoms with Crippen LogP contribution in [0.25, 0.3) is 17.3 Å². The number of imidazole rings is 1. The smallest absolute Gasteiger partial charge is 0.299 e. The monoisotopic (exact) mass is 472 g/mol. The average molecular weight is 473 g/mol. The lowest BCUT2D eigenvalue weighted by Crippen LogP contribution is -2.37. The van der Waals surface area contributed by atoms with E-state index in [0.717, 1.165) is 42.6 Å². The first-order chi connectivity index (χ1) is 17.1. The zero-order valence-electron chi connectivity index (χ0n) is 19.9. The van der Waals surface area contributed by atoms with Gasteiger partial charge in [-0.15, -0.1) is 15.3 Å². The van der Waals surface area contributed by atoms with E-state index in [-0.39, 0.29) is 5.69 Å². The fourth-order valence-electron chi connectivity index (χ4n) is 4.62. The molecule has 11 heteroatoms. The Hall–Kier alpha value is -4.15. The van der Waals surface area contributed by atoms with Gasteiger partial charge < -0.3 is 0 Å². The molecule has 35 heavy (non-hydrogen) atoms. The number of benzene rings is 1. The van der Waals surface area contributed by atoms with Crippen molar-refractivity contribution in [3.63, 3.8) is 0 Å². The lowest BCUT2D eigenvalue weighted by molar-refractivity contribution is 0.438. The Kier molecular flexibility index (Phi) is 6.21. The van der Waals surface area contributed by atoms with E-state index in [2.05, 4.69) is 67.9 Å². The number of aliphatic imine (C=N–C) groups is 1. The summed E-state index contributed by atoms with van der Waals surface area (Å²) in [6.45, 7) is 5.42. The fourth-order valence-corrected chi connectivity index (χ4v) is 4.62. The summed E-state index contributed by atoms with van der Waals surface area (Å²) in [6, 6.07) is 8.11. The number of hydrogen-bond acceptors (Lipinski definition) is 7. The Morgan fingerprint density at radius 3 is 2.83 bits per heavy atom. The van der Waals surface area contributed by atoms with Gasteiger partial charge in [0.05, 0.1) is 0 Å². The van der Waals surface area contributed by atoms with Crippen LogP contribution in [0.3, 0.4) is 0 Å². The molecule has 0 amide bonds. The lowest BCUT2D eigenvalue weighted by Gasteiger charge is -2.32. The zero-order valence-corrected chi connectivity index (χ0v) is 19.9. The van der Waals surface area contributed by atoms with Crippen LogP contribution in [-0.4, -0.2) is 50.7 Å². The van der Waals surface area contributed by atoms with Crippen molar-refractivity contribution in [3.05, 3.63) is 70.8 Å². The summed E-state index contributed by atoms with van der Waals surface area (Å²) in [5, 5.41) is 22.6. The van der Waals surface area contributed by atoms with Crippen molar-refractivity contribution in [2.75, 3.05) is 0 Å². The summed E-state index contributed by atoms with van der Waals surface area (Å²) in [5.74, 6) is 1.14. The van der Waals surface area contributed by atoms with E-state index in [1.807, 2.05) is 39.9 Å². The molecule has 0 fully saturated rings. The van der Waals surface area contributed by atoms with Crippen LogP contribution in [0.1, 0.15) is 44.4 Å². The minimum Gasteiger partial charge on any atom is -0.299 e. The van der Waals surface area contributed by atoms with E-state index in [1.54, 1.807) is 10.9 Å². The van der Waals surface area contributed by atoms with Gasteiger partial charge in [0, 0.05) is 48.4 Å². The minimum absolute atomic E-state index is 0.121. The van der Waals surface area contributed by atoms with Crippen molar-refractivity contribution in [3.8, 4) is 17.3 Å². The van der Waals surface area contributed by atoms with Crippen LogP contribution in [0.2, 0.25) is 0 Å². The van der Waals surface area contributed by atoms with Crippen molar-refractivity contribution >= 4 is 6.21 Å². The second-order valence-corrected chi connectivity index (χ2v) is 8.77. The number of rotatable bonds is 9. The first-order valence-corrected chi connectivity index (χ1v) is 11.9. The van der Waals surface area contributed by atoms with Gasteiger partial charge in [-0.3, -0.25) is 14.1 Å². The SMILES string of the molecule is CCCc1cn(-c2nncn2CCC)c(=O)n1CC1(c2cccc(-c3nnn[nH]3)c2)C=CN=CC1. The number of allylic oxidation sites excluding steroid dienone is 1. The molecule has 1 atom stereocenters. The standard InChI is InChI=1S/C24H28N10O/c1-3-6-20-15-33(22-29-26-17-32(22)13-4-2)23(35)34(20)16-24(9-11-25-12-10-24)19-8-5-7-18(14-19)21-27-30-31-28-21/h5,7-9,11-12,14-15,17H,3-4,6,10,13,16H2,1-2H3,(H,27,28,30,31). The molecule has 0 bridgehead atoms. The number of aromatic nitrogens is 9. The maximum absolute atomic E-state index is 13.8. The van der Waals surface area contributed by atoms with Gasteiger partial charge in [0.1, 0.15) is 6.33 Å². The molecule has 1 N–H and O–H groups in total. The maximum Gasteiger partial charge on any atom is 0.335 e. The van der Waals surface area contributed by atoms with Crippen molar-refractivity contribution in [2.24, 2.45) is 4.99 Å². The van der Waals surface area contributed by atoms with E-state index in [9.17, 15) is 4.79 Å². The molecule has 0 spiro atoms. The Balaban J connectivity index is 1.60. The van der Waals surface area contributed by atoms with E-state index >= 15 is 0 Å². The maximum atomic E-state index is 13.8. The van der Waals surface area contributed by atoms with Crippen molar-refractivity contribution in [1.82, 2.24) is 44.5 Å². The molecule has 4 aromatic rings. The highest BCUT2D eigenvalue weighted by atomic mass is 16.2. The van der Waals surface area contributed by atoms with E-state index in [1.165, 1.54) is 0 Å². The molecule has 0 radical (unpaired) electrons. The van der Waals surface area contributed by atoms with Crippen molar-refractivity contribution in [1.29, 1.82) is 0 Å². The van der Waals surface area contributed by atoms with Crippen LogP contribution in [-0.2, 0) is 24.9 Å². The number of aryl methyl sites for hydroxylation is 2. The van der Waals surface area contributed by atoms with Gasteiger partial charge in [0.25, 0.3) is 0 Å². The highest BCUT2D eigenvalue weighted by molar-refractivity contribution is 5.65. The predicted molar refractivity (Wildman–Crippen MR) is 131 cm³/mol. The van der Waals surface area contributed by atoms with E-state index in [0.29, 0.717) is 24.7 Å². The van der Waals surface area contributed by atoms with E-state index < -0.39 is 5.41 Å². The molecule has 0 aliphatic carbocycles. The Morgan fingerprint density at radius 1 is 1.17 bits per heavy atom. The normalized spacial score (nSPS) is 17.3. The molecule has 0 saturated carbocycles. The molecule has 180 valence electrons. The number of hydrogen-bond donors (Lipinski definition) is 1. The molecule has 3 aromatic heterocycles. The molecule has 0 saturated heterocycles. The minimum atomic E-state index is -0.458. The molecule has 1 aliphatic rings. The van der Waals surface area contributed by atoms with Gasteiger partial charge >= 0.3 is 5.69 Å². The van der Waals surface area contributed by atoms with Crippen LogP contribution in [0.4, 0.5) is 0 Å². The van der Waals surface area contributed by atoms with Crippen LogP contribution in [0.5, 0.6) is 0 Å². The summed E-state index contributed by atoms with van der Waals surface area (Å²) in [7, 11) is 0. The molecule has 1 aromatic carbocycles. The molecular formula is C24H28N10O. The van der Waals surface area contributed by atoms with Gasteiger partial charge in [0.2, 0.25) is 5.95 Å². The Morgan fingerprint density at radius 2 is 2.09 bits per heavy atom. The molecule has 11 nitrogen and oxygen atoms in total. The van der Waals surface area contributed by atoms with Crippen LogP contribution >= 0.6 is 0 Å². The number of nitrogens with one attached hydrogen (secondary N) is 1. The Labute approximate surface area is 202 Å². The first-order valence-electron chi connectivity index (χ1n) is 11.9. The quantitative estimate of drug-likeness (QED) is 0.399. The molecule has 1 unspecified atom stereocenters. The summed E-state index contributed by atoms with van der Waals surface area (Å²) < 4.78 is 5.42. The molecule has 1 aliphatic heterocycles. The zero-order chi connectivity index (χ0) is 24.3. The van der Waals surface area contributed by atoms with Gasteiger partial charge in [0.15, 0.2) is 5.82 Å². The summed E-state index contributed by atoms with van der Waals surface area (Å²) in [6.07, 6.45) is 12.7. The van der Waals surface area contributed by atoms with Crippen molar-refractivity contribution in [2.45, 2.75) is 58.0 Å². The van der Waals surface area contributed by atoms with Gasteiger partial charge in [-0.2, -0.15) is 0 Å². The number of nitrogens with zero attached hydrogens (tertiary/aromatic N) is 9. The van der Waals surface area contributed by atoms with Crippen LogP contribution < -0.4 is 5.69 Å². The number of aromatic amines is 1. The molecular weight excluding hydrogens is 444 g/mol. The summed E-state index contributed by atoms with van der Waals surface area (Å²) in [5.41, 5.74) is 2.33. The van der Waals surface area contributed by atoms with Crippen molar-refractivity contribution < 1.29 is 0 Å². The first kappa shape index (κ1) is 22.6. The topological polar surface area (TPSA) is 124 Å². The van der Waals surface area contributed by atoms with Gasteiger partial charge in [-0.05, 0) is 41.3 Å². The van der Waals surface area contributed by atoms with Gasteiger partial charge in [-0.25, -0.2) is 14.5 Å². The summed E-state index contributed by atoms with van der Waals surface area (Å²) >= 11 is 0. The average Bonchev–Trinajstić information content (AvgIpc) is 3.63. The van der Waals surface area contributed by atoms with Crippen LogP contribution in [0.15, 0.2) is 58.9 Å². The second kappa shape index (κ2) is 9.61. The Bertz CT molecular complexity index is 1410. The third-order valence-corrected chi connectivity index (χ3v) is 6.38. The second-order valence-electron chi connectivity index (χ2n) is 8.77. The van der Waals surface area contributed by atoms with E-state index in [4.69, 9.17) is 0 Å². The van der Waals surface area contributed by atoms with Gasteiger partial charge in [-0.1, -0.05) is 44.5 Å². The molecule has 5 rings (SSSR count). The van der Waals surface area contributed by atoms with Crippen LogP contribution in [0, 0.1) is 0 Å². The molecule has 4 heterocycles. The predicted octanol–water partition coefficient (Wildman–Crippen LogP) is 2.70. The highest BCUT2D eigenvalue weighted by Gasteiger charge is 2.33.